The quantitative estimate of drug-likeness (QED) is 0.853. The van der Waals surface area contributed by atoms with E-state index in [-0.39, 0.29) is 24.1 Å². The monoisotopic (exact) mass is 345 g/mol. The molecule has 0 bridgehead atoms. The Kier molecular flexibility index (Phi) is 4.47. The smallest absolute Gasteiger partial charge is 0.305 e. The van der Waals surface area contributed by atoms with Crippen LogP contribution in [0.2, 0.25) is 0 Å². The molecule has 102 valence electrons. The van der Waals surface area contributed by atoms with Crippen molar-refractivity contribution in [1.82, 2.24) is 4.90 Å². The number of likely N-dealkylation sites (tertiary alicyclic amines) is 1. The lowest BCUT2D eigenvalue weighted by Crippen LogP contribution is -2.32. The second-order valence-electron chi connectivity index (χ2n) is 4.52. The number of hydrogen-bond acceptors (Lipinski definition) is 2. The van der Waals surface area contributed by atoms with Crippen LogP contribution < -0.4 is 0 Å². The highest BCUT2D eigenvalue weighted by Crippen LogP contribution is 2.31. The van der Waals surface area contributed by atoms with Gasteiger partial charge in [-0.05, 0) is 17.7 Å². The molecule has 19 heavy (non-hydrogen) atoms. The summed E-state index contributed by atoms with van der Waals surface area (Å²) < 4.78 is 0.856. The lowest BCUT2D eigenvalue weighted by atomic mass is 10.0. The van der Waals surface area contributed by atoms with E-state index < -0.39 is 12.0 Å². The molecule has 1 saturated heterocycles. The minimum Gasteiger partial charge on any atom is -0.481 e. The first kappa shape index (κ1) is 14.3. The lowest BCUT2D eigenvalue weighted by molar-refractivity contribution is -0.139. The molecule has 1 aliphatic heterocycles. The van der Waals surface area contributed by atoms with Crippen molar-refractivity contribution in [2.75, 3.05) is 6.54 Å². The fourth-order valence-electron chi connectivity index (χ4n) is 2.27. The SMILES string of the molecule is O=C(O)CC(c1cccc(Br)c1)N1CC(Cl)CC1=O. The number of carbonyl (C=O) groups is 2. The topological polar surface area (TPSA) is 57.6 Å². The van der Waals surface area contributed by atoms with Crippen LogP contribution in [0.5, 0.6) is 0 Å². The average Bonchev–Trinajstić information content (AvgIpc) is 2.65. The number of nitrogens with zero attached hydrogens (tertiary/aromatic N) is 1. The minimum absolute atomic E-state index is 0.0915. The van der Waals surface area contributed by atoms with Gasteiger partial charge < -0.3 is 10.0 Å². The van der Waals surface area contributed by atoms with Gasteiger partial charge in [-0.3, -0.25) is 9.59 Å². The molecule has 2 atom stereocenters. The Morgan fingerprint density at radius 2 is 2.32 bits per heavy atom. The van der Waals surface area contributed by atoms with Gasteiger partial charge in [-0.25, -0.2) is 0 Å². The summed E-state index contributed by atoms with van der Waals surface area (Å²) in [6, 6.07) is 6.88. The maximum absolute atomic E-state index is 11.9. The zero-order valence-electron chi connectivity index (χ0n) is 10.1. The number of carboxylic acids is 1. The number of carbonyl (C=O) groups excluding carboxylic acids is 1. The first-order valence-corrected chi connectivity index (χ1v) is 7.11. The Morgan fingerprint density at radius 3 is 2.84 bits per heavy atom. The van der Waals surface area contributed by atoms with E-state index >= 15 is 0 Å². The van der Waals surface area contributed by atoms with Crippen LogP contribution in [0.1, 0.15) is 24.4 Å². The molecule has 1 aromatic carbocycles. The van der Waals surface area contributed by atoms with E-state index in [0.717, 1.165) is 10.0 Å². The van der Waals surface area contributed by atoms with Gasteiger partial charge in [0, 0.05) is 17.4 Å². The summed E-state index contributed by atoms with van der Waals surface area (Å²) in [4.78, 5) is 24.5. The number of benzene rings is 1. The normalized spacial score (nSPS) is 20.6. The van der Waals surface area contributed by atoms with E-state index in [2.05, 4.69) is 15.9 Å². The fraction of sp³-hybridized carbons (Fsp3) is 0.385. The molecule has 2 unspecified atom stereocenters. The number of rotatable bonds is 4. The number of carboxylic acid groups (broad SMARTS) is 1. The molecule has 1 fully saturated rings. The van der Waals surface area contributed by atoms with Crippen LogP contribution in [-0.4, -0.2) is 33.8 Å². The summed E-state index contributed by atoms with van der Waals surface area (Å²) in [6.45, 7) is 0.394. The van der Waals surface area contributed by atoms with Crippen molar-refractivity contribution >= 4 is 39.4 Å². The van der Waals surface area contributed by atoms with Gasteiger partial charge in [0.25, 0.3) is 0 Å². The third-order valence-corrected chi connectivity index (χ3v) is 3.87. The number of hydrogen-bond donors (Lipinski definition) is 1. The molecule has 0 saturated carbocycles. The Balaban J connectivity index is 2.30. The third-order valence-electron chi connectivity index (χ3n) is 3.09. The van der Waals surface area contributed by atoms with E-state index in [0.29, 0.717) is 6.54 Å². The maximum Gasteiger partial charge on any atom is 0.305 e. The molecule has 0 aromatic heterocycles. The molecular weight excluding hydrogens is 334 g/mol. The summed E-state index contributed by atoms with van der Waals surface area (Å²) in [5.74, 6) is -1.03. The molecule has 0 radical (unpaired) electrons. The van der Waals surface area contributed by atoms with Gasteiger partial charge >= 0.3 is 5.97 Å². The van der Waals surface area contributed by atoms with Gasteiger partial charge in [0.15, 0.2) is 0 Å². The van der Waals surface area contributed by atoms with Crippen LogP contribution in [-0.2, 0) is 9.59 Å². The van der Waals surface area contributed by atoms with Gasteiger partial charge in [-0.15, -0.1) is 11.6 Å². The van der Waals surface area contributed by atoms with E-state index in [1.54, 1.807) is 4.90 Å². The molecule has 0 aliphatic carbocycles. The van der Waals surface area contributed by atoms with E-state index in [1.165, 1.54) is 0 Å². The molecular formula is C13H13BrClNO3. The highest BCUT2D eigenvalue weighted by molar-refractivity contribution is 9.10. The fourth-order valence-corrected chi connectivity index (χ4v) is 2.97. The van der Waals surface area contributed by atoms with Crippen LogP contribution in [0.15, 0.2) is 28.7 Å². The zero-order chi connectivity index (χ0) is 14.0. The first-order chi connectivity index (χ1) is 8.97. The van der Waals surface area contributed by atoms with Crippen LogP contribution in [0.25, 0.3) is 0 Å². The molecule has 1 heterocycles. The van der Waals surface area contributed by atoms with Crippen LogP contribution in [0.4, 0.5) is 0 Å². The third kappa shape index (κ3) is 3.48. The predicted molar refractivity (Wildman–Crippen MR) is 75.1 cm³/mol. The Labute approximate surface area is 124 Å². The summed E-state index contributed by atoms with van der Waals surface area (Å²) in [6.07, 6.45) is 0.150. The van der Waals surface area contributed by atoms with E-state index in [1.807, 2.05) is 24.3 Å². The number of amides is 1. The predicted octanol–water partition coefficient (Wildman–Crippen LogP) is 2.80. The molecule has 1 aromatic rings. The zero-order valence-corrected chi connectivity index (χ0v) is 12.4. The molecule has 1 aliphatic rings. The second kappa shape index (κ2) is 5.92. The van der Waals surface area contributed by atoms with Crippen LogP contribution in [0.3, 0.4) is 0 Å². The second-order valence-corrected chi connectivity index (χ2v) is 6.05. The highest BCUT2D eigenvalue weighted by atomic mass is 79.9. The van der Waals surface area contributed by atoms with Crippen molar-refractivity contribution in [3.05, 3.63) is 34.3 Å². The summed E-state index contributed by atoms with van der Waals surface area (Å²) in [5.41, 5.74) is 0.802. The standard InChI is InChI=1S/C13H13BrClNO3/c14-9-3-1-2-8(4-9)11(6-13(18)19)16-7-10(15)5-12(16)17/h1-4,10-11H,5-7H2,(H,18,19). The molecule has 2 rings (SSSR count). The van der Waals surface area contributed by atoms with Crippen LogP contribution >= 0.6 is 27.5 Å². The van der Waals surface area contributed by atoms with Gasteiger partial charge in [0.2, 0.25) is 5.91 Å². The van der Waals surface area contributed by atoms with Crippen molar-refractivity contribution in [3.8, 4) is 0 Å². The summed E-state index contributed by atoms with van der Waals surface area (Å²) in [7, 11) is 0. The minimum atomic E-state index is -0.934. The van der Waals surface area contributed by atoms with Crippen molar-refractivity contribution < 1.29 is 14.7 Å². The maximum atomic E-state index is 11.9. The molecule has 6 heteroatoms. The Hall–Kier alpha value is -1.07. The van der Waals surface area contributed by atoms with Crippen molar-refractivity contribution in [3.63, 3.8) is 0 Å². The van der Waals surface area contributed by atoms with Crippen LogP contribution in [0, 0.1) is 0 Å². The van der Waals surface area contributed by atoms with Gasteiger partial charge in [0.05, 0.1) is 17.8 Å². The molecule has 1 N–H and O–H groups in total. The van der Waals surface area contributed by atoms with E-state index in [4.69, 9.17) is 16.7 Å². The number of aliphatic carboxylic acids is 1. The van der Waals surface area contributed by atoms with Crippen molar-refractivity contribution in [1.29, 1.82) is 0 Å². The van der Waals surface area contributed by atoms with E-state index in [9.17, 15) is 9.59 Å². The summed E-state index contributed by atoms with van der Waals surface area (Å²) >= 11 is 9.34. The Morgan fingerprint density at radius 1 is 1.58 bits per heavy atom. The molecule has 4 nitrogen and oxygen atoms in total. The van der Waals surface area contributed by atoms with Crippen molar-refractivity contribution in [2.24, 2.45) is 0 Å². The molecule has 0 spiro atoms. The van der Waals surface area contributed by atoms with Gasteiger partial charge in [-0.1, -0.05) is 28.1 Å². The van der Waals surface area contributed by atoms with Gasteiger partial charge in [0.1, 0.15) is 0 Å². The Bertz CT molecular complexity index is 508. The van der Waals surface area contributed by atoms with Crippen molar-refractivity contribution in [2.45, 2.75) is 24.3 Å². The largest absolute Gasteiger partial charge is 0.481 e. The molecule has 1 amide bonds. The van der Waals surface area contributed by atoms with Gasteiger partial charge in [-0.2, -0.15) is 0 Å². The first-order valence-electron chi connectivity index (χ1n) is 5.88. The number of alkyl halides is 1. The highest BCUT2D eigenvalue weighted by Gasteiger charge is 2.35. The summed E-state index contributed by atoms with van der Waals surface area (Å²) in [5, 5.41) is 8.80. The number of halogens is 2. The average molecular weight is 347 g/mol. The lowest BCUT2D eigenvalue weighted by Gasteiger charge is -2.27.